The van der Waals surface area contributed by atoms with Gasteiger partial charge < -0.3 is 16.0 Å². The average molecular weight is 403 g/mol. The van der Waals surface area contributed by atoms with Crippen molar-refractivity contribution >= 4 is 39.7 Å². The number of carbonyl (C=O) groups is 1. The fourth-order valence-electron chi connectivity index (χ4n) is 3.02. The zero-order chi connectivity index (χ0) is 20.5. The Morgan fingerprint density at radius 1 is 1.00 bits per heavy atom. The maximum atomic E-state index is 12.7. The largest absolute Gasteiger partial charge is 0.353 e. The van der Waals surface area contributed by atoms with Crippen molar-refractivity contribution in [2.75, 3.05) is 11.9 Å². The Morgan fingerprint density at radius 2 is 1.72 bits per heavy atom. The van der Waals surface area contributed by atoms with Crippen LogP contribution in [-0.2, 0) is 11.2 Å². The zero-order valence-corrected chi connectivity index (χ0v) is 16.7. The smallest absolute Gasteiger partial charge is 0.242 e. The first-order valence-electron chi connectivity index (χ1n) is 9.40. The molecule has 146 valence electrons. The lowest BCUT2D eigenvalue weighted by molar-refractivity contribution is -0.122. The van der Waals surface area contributed by atoms with E-state index in [2.05, 4.69) is 40.2 Å². The summed E-state index contributed by atoms with van der Waals surface area (Å²) in [6.07, 6.45) is 0.737. The molecule has 29 heavy (non-hydrogen) atoms. The second-order valence-corrected chi connectivity index (χ2v) is 7.01. The van der Waals surface area contributed by atoms with E-state index < -0.39 is 6.04 Å². The topological polar surface area (TPSA) is 77.0 Å². The van der Waals surface area contributed by atoms with Gasteiger partial charge >= 0.3 is 0 Å². The number of fused-ring (bicyclic) bond motifs is 1. The number of thiocarbonyl (C=S) groups is 1. The molecular formula is C23H22N4OS. The Kier molecular flexibility index (Phi) is 7.15. The standard InChI is InChI=1S/C23H22N4OS/c24-13-6-14-25-22(28)21(27-23(29)26-20-9-2-1-3-10-20)16-17-11-12-18-7-4-5-8-19(18)15-17/h1-5,7-12,15,21H,6,14,16H2,(H,25,28)(H2,26,27,29). The molecule has 0 saturated heterocycles. The molecule has 0 aliphatic rings. The van der Waals surface area contributed by atoms with E-state index in [0.717, 1.165) is 22.0 Å². The van der Waals surface area contributed by atoms with Crippen LogP contribution < -0.4 is 16.0 Å². The van der Waals surface area contributed by atoms with Crippen molar-refractivity contribution in [2.45, 2.75) is 18.9 Å². The summed E-state index contributed by atoms with van der Waals surface area (Å²) in [5, 5.41) is 20.4. The summed E-state index contributed by atoms with van der Waals surface area (Å²) in [4.78, 5) is 12.7. The SMILES string of the molecule is N#CCCNC(=O)C(Cc1ccc2ccccc2c1)NC(=S)Nc1ccccc1. The van der Waals surface area contributed by atoms with Gasteiger partial charge in [-0.3, -0.25) is 4.79 Å². The molecule has 3 aromatic carbocycles. The lowest BCUT2D eigenvalue weighted by Crippen LogP contribution is -2.49. The van der Waals surface area contributed by atoms with Gasteiger partial charge in [0.1, 0.15) is 6.04 Å². The van der Waals surface area contributed by atoms with Gasteiger partial charge in [-0.05, 0) is 40.7 Å². The Bertz CT molecular complexity index is 1030. The van der Waals surface area contributed by atoms with E-state index in [1.54, 1.807) is 0 Å². The van der Waals surface area contributed by atoms with Gasteiger partial charge in [-0.25, -0.2) is 0 Å². The summed E-state index contributed by atoms with van der Waals surface area (Å²) in [5.74, 6) is -0.189. The number of hydrogen-bond donors (Lipinski definition) is 3. The molecule has 0 saturated carbocycles. The van der Waals surface area contributed by atoms with Crippen LogP contribution in [0.3, 0.4) is 0 Å². The molecule has 0 radical (unpaired) electrons. The number of amides is 1. The maximum absolute atomic E-state index is 12.7. The zero-order valence-electron chi connectivity index (χ0n) is 15.9. The van der Waals surface area contributed by atoms with E-state index in [1.165, 1.54) is 0 Å². The van der Waals surface area contributed by atoms with Gasteiger partial charge in [0.15, 0.2) is 5.11 Å². The highest BCUT2D eigenvalue weighted by Gasteiger charge is 2.20. The highest BCUT2D eigenvalue weighted by Crippen LogP contribution is 2.17. The van der Waals surface area contributed by atoms with E-state index >= 15 is 0 Å². The van der Waals surface area contributed by atoms with Crippen LogP contribution in [0, 0.1) is 11.3 Å². The molecule has 3 rings (SSSR count). The predicted molar refractivity (Wildman–Crippen MR) is 120 cm³/mol. The van der Waals surface area contributed by atoms with Crippen LogP contribution in [0.4, 0.5) is 5.69 Å². The molecule has 0 fully saturated rings. The molecule has 3 N–H and O–H groups in total. The molecule has 1 atom stereocenters. The monoisotopic (exact) mass is 402 g/mol. The first kappa shape index (κ1) is 20.3. The van der Waals surface area contributed by atoms with E-state index in [4.69, 9.17) is 17.5 Å². The second-order valence-electron chi connectivity index (χ2n) is 6.60. The van der Waals surface area contributed by atoms with Gasteiger partial charge in [0.25, 0.3) is 0 Å². The van der Waals surface area contributed by atoms with Crippen LogP contribution in [0.2, 0.25) is 0 Å². The van der Waals surface area contributed by atoms with Crippen molar-refractivity contribution in [2.24, 2.45) is 0 Å². The Morgan fingerprint density at radius 3 is 2.48 bits per heavy atom. The lowest BCUT2D eigenvalue weighted by Gasteiger charge is -2.21. The number of benzene rings is 3. The molecule has 3 aromatic rings. The highest BCUT2D eigenvalue weighted by atomic mass is 32.1. The normalized spacial score (nSPS) is 11.3. The lowest BCUT2D eigenvalue weighted by atomic mass is 10.0. The first-order valence-corrected chi connectivity index (χ1v) is 9.81. The fraction of sp³-hybridized carbons (Fsp3) is 0.174. The van der Waals surface area contributed by atoms with Crippen LogP contribution in [0.5, 0.6) is 0 Å². The van der Waals surface area contributed by atoms with E-state index in [0.29, 0.717) is 18.1 Å². The molecule has 0 heterocycles. The minimum Gasteiger partial charge on any atom is -0.353 e. The van der Waals surface area contributed by atoms with Crippen LogP contribution in [-0.4, -0.2) is 23.6 Å². The van der Waals surface area contributed by atoms with E-state index in [9.17, 15) is 4.79 Å². The molecular weight excluding hydrogens is 380 g/mol. The van der Waals surface area contributed by atoms with Gasteiger partial charge in [-0.2, -0.15) is 5.26 Å². The minimum absolute atomic E-state index is 0.189. The van der Waals surface area contributed by atoms with Crippen LogP contribution in [0.1, 0.15) is 12.0 Å². The summed E-state index contributed by atoms with van der Waals surface area (Å²) < 4.78 is 0. The van der Waals surface area contributed by atoms with Crippen LogP contribution in [0.25, 0.3) is 10.8 Å². The van der Waals surface area contributed by atoms with Crippen molar-refractivity contribution in [3.63, 3.8) is 0 Å². The Hall–Kier alpha value is -3.43. The molecule has 6 heteroatoms. The van der Waals surface area contributed by atoms with E-state index in [1.807, 2.05) is 54.6 Å². The summed E-state index contributed by atoms with van der Waals surface area (Å²) in [6, 6.07) is 25.3. The first-order chi connectivity index (χ1) is 14.2. The summed E-state index contributed by atoms with van der Waals surface area (Å²) >= 11 is 5.41. The molecule has 0 spiro atoms. The number of nitrogens with zero attached hydrogens (tertiary/aromatic N) is 1. The molecule has 0 aliphatic heterocycles. The maximum Gasteiger partial charge on any atom is 0.242 e. The average Bonchev–Trinajstić information content (AvgIpc) is 2.74. The van der Waals surface area contributed by atoms with Crippen LogP contribution >= 0.6 is 12.2 Å². The third kappa shape index (κ3) is 6.03. The third-order valence-corrected chi connectivity index (χ3v) is 4.66. The third-order valence-electron chi connectivity index (χ3n) is 4.44. The quantitative estimate of drug-likeness (QED) is 0.414. The summed E-state index contributed by atoms with van der Waals surface area (Å²) in [5.41, 5.74) is 1.87. The number of nitrogens with one attached hydrogen (secondary N) is 3. The van der Waals surface area contributed by atoms with Crippen molar-refractivity contribution in [3.8, 4) is 6.07 Å². The molecule has 1 unspecified atom stereocenters. The van der Waals surface area contributed by atoms with Crippen molar-refractivity contribution < 1.29 is 4.79 Å². The van der Waals surface area contributed by atoms with E-state index in [-0.39, 0.29) is 12.3 Å². The summed E-state index contributed by atoms with van der Waals surface area (Å²) in [7, 11) is 0. The Labute approximate surface area is 175 Å². The fourth-order valence-corrected chi connectivity index (χ4v) is 3.28. The van der Waals surface area contributed by atoms with Gasteiger partial charge in [-0.1, -0.05) is 60.7 Å². The number of para-hydroxylation sites is 1. The molecule has 0 aliphatic carbocycles. The van der Waals surface area contributed by atoms with Gasteiger partial charge in [0.05, 0.1) is 12.5 Å². The van der Waals surface area contributed by atoms with Gasteiger partial charge in [-0.15, -0.1) is 0 Å². The minimum atomic E-state index is -0.557. The van der Waals surface area contributed by atoms with Crippen molar-refractivity contribution in [3.05, 3.63) is 78.4 Å². The number of hydrogen-bond acceptors (Lipinski definition) is 3. The van der Waals surface area contributed by atoms with Crippen LogP contribution in [0.15, 0.2) is 72.8 Å². The molecule has 5 nitrogen and oxygen atoms in total. The summed E-state index contributed by atoms with van der Waals surface area (Å²) in [6.45, 7) is 0.310. The van der Waals surface area contributed by atoms with Crippen molar-refractivity contribution in [1.82, 2.24) is 10.6 Å². The second kappa shape index (κ2) is 10.2. The highest BCUT2D eigenvalue weighted by molar-refractivity contribution is 7.80. The number of nitriles is 1. The van der Waals surface area contributed by atoms with Gasteiger partial charge in [0.2, 0.25) is 5.91 Å². The number of carbonyl (C=O) groups excluding carboxylic acids is 1. The molecule has 0 bridgehead atoms. The van der Waals surface area contributed by atoms with Gasteiger partial charge in [0, 0.05) is 18.7 Å². The Balaban J connectivity index is 1.73. The molecule has 1 amide bonds. The number of rotatable bonds is 7. The molecule has 0 aromatic heterocycles. The van der Waals surface area contributed by atoms with Crippen molar-refractivity contribution in [1.29, 1.82) is 5.26 Å². The number of anilines is 1. The predicted octanol–water partition coefficient (Wildman–Crippen LogP) is 3.77.